The number of sulfone groups is 1. The Morgan fingerprint density at radius 3 is 2.20 bits per heavy atom. The SMILES string of the molecule is Cc1cc(NC(=O)C(C)(C)S(C)(=O)=O)ccc1C(=O)O. The number of benzene rings is 1. The lowest BCUT2D eigenvalue weighted by atomic mass is 10.1. The van der Waals surface area contributed by atoms with Gasteiger partial charge in [-0.1, -0.05) is 0 Å². The van der Waals surface area contributed by atoms with Crippen molar-refractivity contribution in [3.63, 3.8) is 0 Å². The summed E-state index contributed by atoms with van der Waals surface area (Å²) in [7, 11) is -3.56. The van der Waals surface area contributed by atoms with Crippen LogP contribution in [0.1, 0.15) is 29.8 Å². The Morgan fingerprint density at radius 1 is 1.25 bits per heavy atom. The molecule has 0 aliphatic carbocycles. The second kappa shape index (κ2) is 5.24. The van der Waals surface area contributed by atoms with E-state index in [0.29, 0.717) is 11.3 Å². The molecule has 1 amide bonds. The molecule has 0 heterocycles. The molecular weight excluding hydrogens is 282 g/mol. The Hall–Kier alpha value is -1.89. The van der Waals surface area contributed by atoms with Crippen LogP contribution in [0.4, 0.5) is 5.69 Å². The predicted molar refractivity (Wildman–Crippen MR) is 75.7 cm³/mol. The number of aryl methyl sites for hydroxylation is 1. The van der Waals surface area contributed by atoms with Crippen molar-refractivity contribution in [1.29, 1.82) is 0 Å². The molecule has 0 spiro atoms. The minimum atomic E-state index is -3.56. The van der Waals surface area contributed by atoms with Crippen LogP contribution in [0, 0.1) is 6.92 Å². The molecule has 110 valence electrons. The van der Waals surface area contributed by atoms with Gasteiger partial charge in [0.1, 0.15) is 4.75 Å². The van der Waals surface area contributed by atoms with E-state index in [1.54, 1.807) is 6.92 Å². The fraction of sp³-hybridized carbons (Fsp3) is 0.385. The molecule has 0 bridgehead atoms. The van der Waals surface area contributed by atoms with Crippen molar-refractivity contribution in [2.45, 2.75) is 25.5 Å². The van der Waals surface area contributed by atoms with Crippen molar-refractivity contribution in [2.24, 2.45) is 0 Å². The molecule has 0 radical (unpaired) electrons. The van der Waals surface area contributed by atoms with Gasteiger partial charge in [-0.05, 0) is 44.5 Å². The van der Waals surface area contributed by atoms with E-state index >= 15 is 0 Å². The van der Waals surface area contributed by atoms with Crippen LogP contribution in [-0.4, -0.2) is 36.4 Å². The van der Waals surface area contributed by atoms with Gasteiger partial charge in [0.05, 0.1) is 5.56 Å². The van der Waals surface area contributed by atoms with E-state index in [9.17, 15) is 18.0 Å². The average Bonchev–Trinajstić information content (AvgIpc) is 2.26. The Labute approximate surface area is 117 Å². The number of amides is 1. The first-order valence-corrected chi connectivity index (χ1v) is 7.71. The van der Waals surface area contributed by atoms with E-state index in [0.717, 1.165) is 6.26 Å². The fourth-order valence-corrected chi connectivity index (χ4v) is 1.82. The minimum Gasteiger partial charge on any atom is -0.478 e. The largest absolute Gasteiger partial charge is 0.478 e. The van der Waals surface area contributed by atoms with Gasteiger partial charge in [-0.25, -0.2) is 13.2 Å². The maximum atomic E-state index is 12.0. The Balaban J connectivity index is 3.04. The standard InChI is InChI=1S/C13H17NO5S/c1-8-7-9(5-6-10(8)11(15)16)14-12(17)13(2,3)20(4,18)19/h5-7H,1-4H3,(H,14,17)(H,15,16). The zero-order chi connectivity index (χ0) is 15.7. The number of carbonyl (C=O) groups excluding carboxylic acids is 1. The lowest BCUT2D eigenvalue weighted by Gasteiger charge is -2.21. The van der Waals surface area contributed by atoms with Gasteiger partial charge in [0.15, 0.2) is 9.84 Å². The molecule has 0 unspecified atom stereocenters. The van der Waals surface area contributed by atoms with Crippen molar-refractivity contribution in [3.05, 3.63) is 29.3 Å². The predicted octanol–water partition coefficient (Wildman–Crippen LogP) is 1.45. The van der Waals surface area contributed by atoms with Gasteiger partial charge < -0.3 is 10.4 Å². The van der Waals surface area contributed by atoms with E-state index in [2.05, 4.69) is 5.32 Å². The second-order valence-corrected chi connectivity index (χ2v) is 7.64. The second-order valence-electron chi connectivity index (χ2n) is 5.07. The maximum Gasteiger partial charge on any atom is 0.335 e. The molecule has 0 atom stereocenters. The minimum absolute atomic E-state index is 0.130. The van der Waals surface area contributed by atoms with Gasteiger partial charge in [0.2, 0.25) is 5.91 Å². The first-order valence-electron chi connectivity index (χ1n) is 5.82. The third-order valence-corrected chi connectivity index (χ3v) is 5.23. The molecule has 20 heavy (non-hydrogen) atoms. The number of rotatable bonds is 4. The van der Waals surface area contributed by atoms with Crippen LogP contribution in [0.2, 0.25) is 0 Å². The Bertz CT molecular complexity index is 661. The summed E-state index contributed by atoms with van der Waals surface area (Å²) < 4.78 is 21.5. The lowest BCUT2D eigenvalue weighted by Crippen LogP contribution is -2.43. The summed E-state index contributed by atoms with van der Waals surface area (Å²) in [5.74, 6) is -1.72. The number of carbonyl (C=O) groups is 2. The summed E-state index contributed by atoms with van der Waals surface area (Å²) in [4.78, 5) is 22.9. The quantitative estimate of drug-likeness (QED) is 0.876. The summed E-state index contributed by atoms with van der Waals surface area (Å²) in [6, 6.07) is 4.27. The number of aromatic carboxylic acids is 1. The highest BCUT2D eigenvalue weighted by atomic mass is 32.2. The number of anilines is 1. The number of hydrogen-bond acceptors (Lipinski definition) is 4. The highest BCUT2D eigenvalue weighted by Gasteiger charge is 2.38. The smallest absolute Gasteiger partial charge is 0.335 e. The van der Waals surface area contributed by atoms with Crippen molar-refractivity contribution in [3.8, 4) is 0 Å². The molecule has 7 heteroatoms. The molecule has 2 N–H and O–H groups in total. The van der Waals surface area contributed by atoms with Crippen LogP contribution in [0.15, 0.2) is 18.2 Å². The molecular formula is C13H17NO5S. The number of hydrogen-bond donors (Lipinski definition) is 2. The average molecular weight is 299 g/mol. The van der Waals surface area contributed by atoms with E-state index in [-0.39, 0.29) is 5.56 Å². The molecule has 1 aromatic carbocycles. The van der Waals surface area contributed by atoms with Gasteiger partial charge in [0.25, 0.3) is 0 Å². The highest BCUT2D eigenvalue weighted by molar-refractivity contribution is 7.92. The topological polar surface area (TPSA) is 101 Å². The van der Waals surface area contributed by atoms with E-state index in [4.69, 9.17) is 5.11 Å². The van der Waals surface area contributed by atoms with Gasteiger partial charge in [-0.3, -0.25) is 4.79 Å². The van der Waals surface area contributed by atoms with Gasteiger partial charge in [-0.15, -0.1) is 0 Å². The molecule has 0 saturated heterocycles. The zero-order valence-corrected chi connectivity index (χ0v) is 12.5. The molecule has 0 aliphatic heterocycles. The monoisotopic (exact) mass is 299 g/mol. The Kier molecular flexibility index (Phi) is 4.24. The summed E-state index contributed by atoms with van der Waals surface area (Å²) in [5, 5.41) is 11.4. The van der Waals surface area contributed by atoms with Crippen LogP contribution in [0.3, 0.4) is 0 Å². The third kappa shape index (κ3) is 3.16. The molecule has 6 nitrogen and oxygen atoms in total. The molecule has 0 fully saturated rings. The van der Waals surface area contributed by atoms with Crippen molar-refractivity contribution in [1.82, 2.24) is 0 Å². The van der Waals surface area contributed by atoms with Crippen LogP contribution in [0.25, 0.3) is 0 Å². The van der Waals surface area contributed by atoms with Crippen LogP contribution < -0.4 is 5.32 Å². The molecule has 0 aromatic heterocycles. The summed E-state index contributed by atoms with van der Waals surface area (Å²) in [5.41, 5.74) is 0.965. The van der Waals surface area contributed by atoms with Gasteiger partial charge in [-0.2, -0.15) is 0 Å². The molecule has 0 aliphatic rings. The molecule has 1 aromatic rings. The van der Waals surface area contributed by atoms with Crippen LogP contribution >= 0.6 is 0 Å². The van der Waals surface area contributed by atoms with Crippen molar-refractivity contribution < 1.29 is 23.1 Å². The lowest BCUT2D eigenvalue weighted by molar-refractivity contribution is -0.117. The first-order chi connectivity index (χ1) is 8.96. The van der Waals surface area contributed by atoms with Crippen LogP contribution in [0.5, 0.6) is 0 Å². The zero-order valence-electron chi connectivity index (χ0n) is 11.7. The summed E-state index contributed by atoms with van der Waals surface area (Å²) in [6.07, 6.45) is 0.991. The van der Waals surface area contributed by atoms with E-state index in [1.165, 1.54) is 32.0 Å². The van der Waals surface area contributed by atoms with E-state index in [1.807, 2.05) is 0 Å². The van der Waals surface area contributed by atoms with Crippen molar-refractivity contribution >= 4 is 27.4 Å². The third-order valence-electron chi connectivity index (χ3n) is 3.19. The Morgan fingerprint density at radius 2 is 1.80 bits per heavy atom. The molecule has 0 saturated carbocycles. The number of carboxylic acid groups (broad SMARTS) is 1. The van der Waals surface area contributed by atoms with Crippen molar-refractivity contribution in [2.75, 3.05) is 11.6 Å². The number of nitrogens with one attached hydrogen (secondary N) is 1. The fourth-order valence-electron chi connectivity index (χ4n) is 1.43. The maximum absolute atomic E-state index is 12.0. The normalized spacial score (nSPS) is 12.0. The summed E-state index contributed by atoms with van der Waals surface area (Å²) >= 11 is 0. The summed E-state index contributed by atoms with van der Waals surface area (Å²) in [6.45, 7) is 4.23. The highest BCUT2D eigenvalue weighted by Crippen LogP contribution is 2.20. The number of carboxylic acids is 1. The van der Waals surface area contributed by atoms with Gasteiger partial charge >= 0.3 is 5.97 Å². The first kappa shape index (κ1) is 16.2. The van der Waals surface area contributed by atoms with E-state index < -0.39 is 26.5 Å². The van der Waals surface area contributed by atoms with Gasteiger partial charge in [0, 0.05) is 11.9 Å². The van der Waals surface area contributed by atoms with Crippen LogP contribution in [-0.2, 0) is 14.6 Å². The molecule has 1 rings (SSSR count).